The number of hydrogen-bond donors (Lipinski definition) is 0. The van der Waals surface area contributed by atoms with Gasteiger partial charge in [-0.15, -0.1) is 0 Å². The predicted molar refractivity (Wildman–Crippen MR) is 285 cm³/mol. The van der Waals surface area contributed by atoms with E-state index >= 15 is 0 Å². The third-order valence-corrected chi connectivity index (χ3v) is 16.2. The van der Waals surface area contributed by atoms with Crippen LogP contribution in [0.1, 0.15) is 94.9 Å². The molecule has 3 aliphatic rings. The number of rotatable bonds is 7. The highest BCUT2D eigenvalue weighted by molar-refractivity contribution is 6.03. The van der Waals surface area contributed by atoms with E-state index in [4.69, 9.17) is 0 Å². The van der Waals surface area contributed by atoms with Crippen molar-refractivity contribution in [2.75, 3.05) is 4.90 Å². The van der Waals surface area contributed by atoms with Crippen LogP contribution in [0.5, 0.6) is 0 Å². The third-order valence-electron chi connectivity index (χ3n) is 16.2. The Morgan fingerprint density at radius 3 is 1.51 bits per heavy atom. The van der Waals surface area contributed by atoms with E-state index in [1.807, 2.05) is 0 Å². The zero-order chi connectivity index (χ0) is 45.3. The Bertz CT molecular complexity index is 3320. The standard InChI is InChI=1S/C66H59N/c1-64(2)41-42-65(3,4)60-44-58-57(43-59(60)64)56-32-20-31-55(63(56)66(58)39-17-6-18-40-66)52-27-12-11-26-51(52)54-29-14-16-34-62(54)67(48-37-35-46(36-38-48)45-21-7-5-8-22-45)61-33-15-13-28-53(61)50-30-19-24-47-23-9-10-25-49(47)50/h5,7-16,19-38,43-44H,6,17-18,39-42H2,1-4H3. The SMILES string of the molecule is CC1(C)CCC(C)(C)c2cc3c(cc21)-c1cccc(-c2ccccc2-c2ccccc2N(c2ccc(-c4ccccc4)cc2)c2ccccc2-c2cccc4ccccc24)c1C31CCCCC1. The Kier molecular flexibility index (Phi) is 9.98. The van der Waals surface area contributed by atoms with Crippen molar-refractivity contribution in [1.82, 2.24) is 0 Å². The van der Waals surface area contributed by atoms with Crippen molar-refractivity contribution in [3.05, 3.63) is 222 Å². The molecule has 0 heterocycles. The summed E-state index contributed by atoms with van der Waals surface area (Å²) in [6.07, 6.45) is 8.67. The molecular formula is C66H59N. The van der Waals surface area contributed by atoms with Crippen molar-refractivity contribution in [2.45, 2.75) is 88.9 Å². The first-order valence-corrected chi connectivity index (χ1v) is 24.8. The van der Waals surface area contributed by atoms with Gasteiger partial charge < -0.3 is 4.90 Å². The van der Waals surface area contributed by atoms with Gasteiger partial charge in [0.2, 0.25) is 0 Å². The van der Waals surface area contributed by atoms with Crippen LogP contribution in [0, 0.1) is 0 Å². The molecule has 9 aromatic carbocycles. The molecule has 0 aliphatic heterocycles. The minimum Gasteiger partial charge on any atom is -0.309 e. The first kappa shape index (κ1) is 41.5. The Morgan fingerprint density at radius 2 is 0.821 bits per heavy atom. The van der Waals surface area contributed by atoms with Crippen LogP contribution in [0.3, 0.4) is 0 Å². The van der Waals surface area contributed by atoms with Crippen molar-refractivity contribution in [3.63, 3.8) is 0 Å². The lowest BCUT2D eigenvalue weighted by molar-refractivity contribution is 0.327. The molecule has 0 aromatic heterocycles. The summed E-state index contributed by atoms with van der Waals surface area (Å²) in [6.45, 7) is 9.93. The van der Waals surface area contributed by atoms with Gasteiger partial charge in [-0.1, -0.05) is 217 Å². The van der Waals surface area contributed by atoms with Crippen LogP contribution in [0.15, 0.2) is 200 Å². The molecule has 0 amide bonds. The molecule has 0 atom stereocenters. The molecule has 3 aliphatic carbocycles. The molecule has 12 rings (SSSR count). The molecule has 328 valence electrons. The summed E-state index contributed by atoms with van der Waals surface area (Å²) in [5.41, 5.74) is 22.9. The largest absolute Gasteiger partial charge is 0.309 e. The molecule has 1 fully saturated rings. The van der Waals surface area contributed by atoms with E-state index in [0.717, 1.165) is 17.1 Å². The van der Waals surface area contributed by atoms with Gasteiger partial charge in [-0.3, -0.25) is 0 Å². The highest BCUT2D eigenvalue weighted by atomic mass is 15.1. The lowest BCUT2D eigenvalue weighted by atomic mass is 9.60. The number of hydrogen-bond acceptors (Lipinski definition) is 1. The lowest BCUT2D eigenvalue weighted by Crippen LogP contribution is -2.35. The summed E-state index contributed by atoms with van der Waals surface area (Å²) in [5.74, 6) is 0. The molecule has 0 unspecified atom stereocenters. The van der Waals surface area contributed by atoms with E-state index in [2.05, 4.69) is 233 Å². The average Bonchev–Trinajstić information content (AvgIpc) is 3.63. The molecule has 0 radical (unpaired) electrons. The molecule has 1 heteroatoms. The van der Waals surface area contributed by atoms with Gasteiger partial charge in [0, 0.05) is 22.2 Å². The van der Waals surface area contributed by atoms with Crippen LogP contribution in [-0.4, -0.2) is 0 Å². The van der Waals surface area contributed by atoms with Crippen LogP contribution in [0.4, 0.5) is 17.1 Å². The van der Waals surface area contributed by atoms with Gasteiger partial charge in [0.1, 0.15) is 0 Å². The van der Waals surface area contributed by atoms with Crippen molar-refractivity contribution in [2.24, 2.45) is 0 Å². The molecular weight excluding hydrogens is 807 g/mol. The third kappa shape index (κ3) is 6.80. The maximum absolute atomic E-state index is 2.72. The Hall–Kier alpha value is -6.96. The van der Waals surface area contributed by atoms with Crippen molar-refractivity contribution in [1.29, 1.82) is 0 Å². The summed E-state index contributed by atoms with van der Waals surface area (Å²) >= 11 is 0. The fraction of sp³-hybridized carbons (Fsp3) is 0.212. The summed E-state index contributed by atoms with van der Waals surface area (Å²) in [4.78, 5) is 2.51. The average molecular weight is 866 g/mol. The maximum atomic E-state index is 2.72. The second kappa shape index (κ2) is 16.1. The number of anilines is 3. The quantitative estimate of drug-likeness (QED) is 0.154. The lowest BCUT2D eigenvalue weighted by Gasteiger charge is -2.43. The second-order valence-electron chi connectivity index (χ2n) is 20.9. The Morgan fingerprint density at radius 1 is 0.343 bits per heavy atom. The van der Waals surface area contributed by atoms with E-state index in [-0.39, 0.29) is 16.2 Å². The molecule has 9 aromatic rings. The number of benzene rings is 9. The zero-order valence-corrected chi connectivity index (χ0v) is 39.4. The van der Waals surface area contributed by atoms with Gasteiger partial charge in [0.25, 0.3) is 0 Å². The summed E-state index contributed by atoms with van der Waals surface area (Å²) in [7, 11) is 0. The number of nitrogens with zero attached hydrogens (tertiary/aromatic N) is 1. The molecule has 0 N–H and O–H groups in total. The van der Waals surface area contributed by atoms with Crippen molar-refractivity contribution >= 4 is 27.8 Å². The molecule has 67 heavy (non-hydrogen) atoms. The van der Waals surface area contributed by atoms with Gasteiger partial charge >= 0.3 is 0 Å². The molecule has 0 bridgehead atoms. The summed E-state index contributed by atoms with van der Waals surface area (Å²) in [5, 5.41) is 2.49. The zero-order valence-electron chi connectivity index (χ0n) is 39.4. The second-order valence-corrected chi connectivity index (χ2v) is 20.9. The van der Waals surface area contributed by atoms with E-state index in [1.54, 1.807) is 22.3 Å². The normalized spacial score (nSPS) is 16.3. The van der Waals surface area contributed by atoms with Crippen LogP contribution >= 0.6 is 0 Å². The molecule has 1 nitrogen and oxygen atoms in total. The van der Waals surface area contributed by atoms with E-state index in [1.165, 1.54) is 111 Å². The Labute approximate surface area is 397 Å². The smallest absolute Gasteiger partial charge is 0.0540 e. The van der Waals surface area contributed by atoms with Gasteiger partial charge in [0.05, 0.1) is 11.4 Å². The first-order chi connectivity index (χ1) is 32.7. The van der Waals surface area contributed by atoms with Crippen LogP contribution < -0.4 is 4.90 Å². The number of fused-ring (bicyclic) bond motifs is 7. The predicted octanol–water partition coefficient (Wildman–Crippen LogP) is 18.6. The fourth-order valence-electron chi connectivity index (χ4n) is 12.6. The van der Waals surface area contributed by atoms with Gasteiger partial charge in [-0.2, -0.15) is 0 Å². The molecule has 1 spiro atoms. The topological polar surface area (TPSA) is 3.24 Å². The van der Waals surface area contributed by atoms with Crippen molar-refractivity contribution in [3.8, 4) is 55.6 Å². The summed E-state index contributed by atoms with van der Waals surface area (Å²) in [6, 6.07) is 75.4. The Balaban J connectivity index is 1.07. The fourth-order valence-corrected chi connectivity index (χ4v) is 12.6. The van der Waals surface area contributed by atoms with Gasteiger partial charge in [0.15, 0.2) is 0 Å². The minimum absolute atomic E-state index is 0.0111. The highest BCUT2D eigenvalue weighted by Gasteiger charge is 2.48. The van der Waals surface area contributed by atoms with Crippen LogP contribution in [0.2, 0.25) is 0 Å². The minimum atomic E-state index is -0.0111. The number of para-hydroxylation sites is 2. The van der Waals surface area contributed by atoms with E-state index in [0.29, 0.717) is 0 Å². The molecule has 0 saturated heterocycles. The highest BCUT2D eigenvalue weighted by Crippen LogP contribution is 2.61. The monoisotopic (exact) mass is 865 g/mol. The van der Waals surface area contributed by atoms with E-state index < -0.39 is 0 Å². The summed E-state index contributed by atoms with van der Waals surface area (Å²) < 4.78 is 0. The van der Waals surface area contributed by atoms with Crippen LogP contribution in [0.25, 0.3) is 66.4 Å². The maximum Gasteiger partial charge on any atom is 0.0540 e. The first-order valence-electron chi connectivity index (χ1n) is 24.8. The molecule has 1 saturated carbocycles. The van der Waals surface area contributed by atoms with E-state index in [9.17, 15) is 0 Å². The van der Waals surface area contributed by atoms with Gasteiger partial charge in [-0.25, -0.2) is 0 Å². The van der Waals surface area contributed by atoms with Crippen molar-refractivity contribution < 1.29 is 0 Å². The van der Waals surface area contributed by atoms with Gasteiger partial charge in [-0.05, 0) is 144 Å². The van der Waals surface area contributed by atoms with Crippen LogP contribution in [-0.2, 0) is 16.2 Å².